The molecule has 1 fully saturated rings. The molecule has 0 spiro atoms. The number of urea groups is 1. The minimum Gasteiger partial charge on any atom is -0.478 e. The van der Waals surface area contributed by atoms with Crippen LogP contribution in [0, 0.1) is 0 Å². The minimum atomic E-state index is -1.03. The van der Waals surface area contributed by atoms with Crippen LogP contribution in [0.1, 0.15) is 23.2 Å². The van der Waals surface area contributed by atoms with Crippen LogP contribution in [-0.2, 0) is 4.74 Å². The molecule has 96 valence electrons. The molecule has 0 radical (unpaired) electrons. The van der Waals surface area contributed by atoms with E-state index < -0.39 is 12.0 Å². The zero-order chi connectivity index (χ0) is 13.0. The first-order valence-corrected chi connectivity index (χ1v) is 5.67. The fourth-order valence-corrected chi connectivity index (χ4v) is 1.73. The lowest BCUT2D eigenvalue weighted by Crippen LogP contribution is -2.37. The van der Waals surface area contributed by atoms with E-state index in [-0.39, 0.29) is 11.8 Å². The van der Waals surface area contributed by atoms with E-state index in [0.717, 1.165) is 12.8 Å². The van der Waals surface area contributed by atoms with Crippen LogP contribution < -0.4 is 10.6 Å². The third-order valence-corrected chi connectivity index (χ3v) is 2.59. The average molecular weight is 250 g/mol. The summed E-state index contributed by atoms with van der Waals surface area (Å²) in [6.45, 7) is 0.652. The number of hydrogen-bond acceptors (Lipinski definition) is 3. The molecule has 18 heavy (non-hydrogen) atoms. The van der Waals surface area contributed by atoms with Gasteiger partial charge in [-0.25, -0.2) is 9.59 Å². The summed E-state index contributed by atoms with van der Waals surface area (Å²) in [4.78, 5) is 22.4. The van der Waals surface area contributed by atoms with Gasteiger partial charge in [-0.2, -0.15) is 0 Å². The van der Waals surface area contributed by atoms with Gasteiger partial charge in [0.2, 0.25) is 0 Å². The largest absolute Gasteiger partial charge is 0.478 e. The third kappa shape index (κ3) is 3.21. The minimum absolute atomic E-state index is 0.130. The highest BCUT2D eigenvalue weighted by atomic mass is 16.5. The SMILES string of the molecule is O=C(Nc1cccc(C(=O)O)c1)NC1CCCO1. The Hall–Kier alpha value is -2.08. The highest BCUT2D eigenvalue weighted by Crippen LogP contribution is 2.12. The quantitative estimate of drug-likeness (QED) is 0.761. The summed E-state index contributed by atoms with van der Waals surface area (Å²) < 4.78 is 5.26. The Morgan fingerprint density at radius 1 is 1.39 bits per heavy atom. The van der Waals surface area contributed by atoms with Crippen LogP contribution in [0.25, 0.3) is 0 Å². The second kappa shape index (κ2) is 5.50. The second-order valence-electron chi connectivity index (χ2n) is 3.99. The molecule has 3 N–H and O–H groups in total. The lowest BCUT2D eigenvalue weighted by molar-refractivity contribution is 0.0696. The van der Waals surface area contributed by atoms with E-state index in [1.54, 1.807) is 12.1 Å². The Bertz CT molecular complexity index is 455. The molecule has 1 saturated heterocycles. The Morgan fingerprint density at radius 2 is 2.22 bits per heavy atom. The molecule has 2 amide bonds. The van der Waals surface area contributed by atoms with Crippen LogP contribution >= 0.6 is 0 Å². The summed E-state index contributed by atoms with van der Waals surface area (Å²) in [5.41, 5.74) is 0.565. The molecule has 6 nitrogen and oxygen atoms in total. The molecule has 0 bridgehead atoms. The van der Waals surface area contributed by atoms with Gasteiger partial charge in [-0.1, -0.05) is 6.07 Å². The Morgan fingerprint density at radius 3 is 2.89 bits per heavy atom. The lowest BCUT2D eigenvalue weighted by atomic mass is 10.2. The van der Waals surface area contributed by atoms with Crippen molar-refractivity contribution in [3.63, 3.8) is 0 Å². The van der Waals surface area contributed by atoms with Gasteiger partial charge in [0, 0.05) is 12.3 Å². The molecular formula is C12H14N2O4. The van der Waals surface area contributed by atoms with E-state index in [2.05, 4.69) is 10.6 Å². The van der Waals surface area contributed by atoms with Crippen molar-refractivity contribution >= 4 is 17.7 Å². The highest BCUT2D eigenvalue weighted by molar-refractivity contribution is 5.93. The maximum Gasteiger partial charge on any atom is 0.335 e. The van der Waals surface area contributed by atoms with Crippen LogP contribution in [0.15, 0.2) is 24.3 Å². The van der Waals surface area contributed by atoms with E-state index in [9.17, 15) is 9.59 Å². The third-order valence-electron chi connectivity index (χ3n) is 2.59. The molecule has 2 rings (SSSR count). The molecule has 1 aromatic rings. The summed E-state index contributed by atoms with van der Waals surface area (Å²) in [7, 11) is 0. The molecule has 1 aromatic carbocycles. The summed E-state index contributed by atoms with van der Waals surface area (Å²) in [5, 5.41) is 14.1. The topological polar surface area (TPSA) is 87.7 Å². The van der Waals surface area contributed by atoms with Gasteiger partial charge in [0.25, 0.3) is 0 Å². The van der Waals surface area contributed by atoms with Crippen molar-refractivity contribution in [3.8, 4) is 0 Å². The number of carbonyl (C=O) groups excluding carboxylic acids is 1. The number of carbonyl (C=O) groups is 2. The molecule has 0 aliphatic carbocycles. The van der Waals surface area contributed by atoms with Gasteiger partial charge in [-0.05, 0) is 31.0 Å². The zero-order valence-electron chi connectivity index (χ0n) is 9.68. The van der Waals surface area contributed by atoms with Crippen LogP contribution in [0.4, 0.5) is 10.5 Å². The Labute approximate surface area is 104 Å². The summed E-state index contributed by atoms with van der Waals surface area (Å²) >= 11 is 0. The van der Waals surface area contributed by atoms with Crippen LogP contribution in [-0.4, -0.2) is 29.9 Å². The number of anilines is 1. The maximum atomic E-state index is 11.6. The van der Waals surface area contributed by atoms with E-state index in [0.29, 0.717) is 12.3 Å². The lowest BCUT2D eigenvalue weighted by Gasteiger charge is -2.12. The van der Waals surface area contributed by atoms with E-state index >= 15 is 0 Å². The molecule has 0 aromatic heterocycles. The second-order valence-corrected chi connectivity index (χ2v) is 3.99. The van der Waals surface area contributed by atoms with Crippen LogP contribution in [0.3, 0.4) is 0 Å². The summed E-state index contributed by atoms with van der Waals surface area (Å²) in [6, 6.07) is 5.67. The van der Waals surface area contributed by atoms with E-state index in [1.165, 1.54) is 12.1 Å². The van der Waals surface area contributed by atoms with Gasteiger partial charge in [0.15, 0.2) is 0 Å². The number of carboxylic acid groups (broad SMARTS) is 1. The number of carboxylic acids is 1. The smallest absolute Gasteiger partial charge is 0.335 e. The fraction of sp³-hybridized carbons (Fsp3) is 0.333. The number of aromatic carboxylic acids is 1. The first kappa shape index (κ1) is 12.4. The molecule has 1 aliphatic heterocycles. The molecule has 1 heterocycles. The summed E-state index contributed by atoms with van der Waals surface area (Å²) in [5.74, 6) is -1.03. The Kier molecular flexibility index (Phi) is 3.78. The molecule has 1 unspecified atom stereocenters. The standard InChI is InChI=1S/C12H14N2O4/c15-11(16)8-3-1-4-9(7-8)13-12(17)14-10-5-2-6-18-10/h1,3-4,7,10H,2,5-6H2,(H,15,16)(H2,13,14,17). The predicted molar refractivity (Wildman–Crippen MR) is 64.5 cm³/mol. The van der Waals surface area contributed by atoms with Crippen molar-refractivity contribution in [2.75, 3.05) is 11.9 Å². The van der Waals surface area contributed by atoms with Crippen molar-refractivity contribution in [2.45, 2.75) is 19.1 Å². The average Bonchev–Trinajstić information content (AvgIpc) is 2.82. The van der Waals surface area contributed by atoms with Crippen molar-refractivity contribution in [1.29, 1.82) is 0 Å². The zero-order valence-corrected chi connectivity index (χ0v) is 9.68. The van der Waals surface area contributed by atoms with Gasteiger partial charge in [0.1, 0.15) is 6.23 Å². The fourth-order valence-electron chi connectivity index (χ4n) is 1.73. The van der Waals surface area contributed by atoms with Crippen molar-refractivity contribution in [2.24, 2.45) is 0 Å². The first-order chi connectivity index (χ1) is 8.65. The molecule has 1 atom stereocenters. The predicted octanol–water partition coefficient (Wildman–Crippen LogP) is 1.64. The molecule has 1 aliphatic rings. The Balaban J connectivity index is 1.93. The number of hydrogen-bond donors (Lipinski definition) is 3. The van der Waals surface area contributed by atoms with E-state index in [1.807, 2.05) is 0 Å². The molecular weight excluding hydrogens is 236 g/mol. The van der Waals surface area contributed by atoms with Gasteiger partial charge in [-0.15, -0.1) is 0 Å². The van der Waals surface area contributed by atoms with Crippen LogP contribution in [0.5, 0.6) is 0 Å². The van der Waals surface area contributed by atoms with Crippen LogP contribution in [0.2, 0.25) is 0 Å². The number of amides is 2. The number of nitrogens with one attached hydrogen (secondary N) is 2. The molecule has 6 heteroatoms. The number of rotatable bonds is 3. The van der Waals surface area contributed by atoms with E-state index in [4.69, 9.17) is 9.84 Å². The van der Waals surface area contributed by atoms with Crippen molar-refractivity contribution < 1.29 is 19.4 Å². The first-order valence-electron chi connectivity index (χ1n) is 5.67. The number of benzene rings is 1. The number of ether oxygens (including phenoxy) is 1. The maximum absolute atomic E-state index is 11.6. The monoisotopic (exact) mass is 250 g/mol. The van der Waals surface area contributed by atoms with Gasteiger partial charge >= 0.3 is 12.0 Å². The van der Waals surface area contributed by atoms with Gasteiger partial charge in [0.05, 0.1) is 5.56 Å². The normalized spacial score (nSPS) is 18.3. The molecule has 0 saturated carbocycles. The van der Waals surface area contributed by atoms with Crippen molar-refractivity contribution in [1.82, 2.24) is 5.32 Å². The highest BCUT2D eigenvalue weighted by Gasteiger charge is 2.17. The van der Waals surface area contributed by atoms with Crippen molar-refractivity contribution in [3.05, 3.63) is 29.8 Å². The van der Waals surface area contributed by atoms with Gasteiger partial charge < -0.3 is 20.5 Å². The summed E-state index contributed by atoms with van der Waals surface area (Å²) in [6.07, 6.45) is 1.47. The van der Waals surface area contributed by atoms with Gasteiger partial charge in [-0.3, -0.25) is 0 Å².